The number of anilines is 1. The molecule has 8 nitrogen and oxygen atoms in total. The number of nitrogens with zero attached hydrogens (tertiary/aromatic N) is 5. The Morgan fingerprint density at radius 3 is 2.56 bits per heavy atom. The number of β-amino-alcohol motifs (C(OH)–C–C–N with tert-alkyl or cyclic N) is 1. The molecule has 2 saturated heterocycles. The minimum atomic E-state index is -0.218. The van der Waals surface area contributed by atoms with E-state index < -0.39 is 0 Å². The van der Waals surface area contributed by atoms with Crippen LogP contribution >= 0.6 is 24.0 Å². The molecule has 3 aromatic rings. The van der Waals surface area contributed by atoms with E-state index in [0.717, 1.165) is 24.2 Å². The summed E-state index contributed by atoms with van der Waals surface area (Å²) in [5, 5.41) is 9.27. The van der Waals surface area contributed by atoms with Crippen LogP contribution in [0.4, 0.5) is 5.82 Å². The van der Waals surface area contributed by atoms with E-state index in [1.165, 1.54) is 16.2 Å². The lowest BCUT2D eigenvalue weighted by atomic mass is 10.2. The Morgan fingerprint density at radius 2 is 1.83 bits per heavy atom. The van der Waals surface area contributed by atoms with Crippen LogP contribution in [0.15, 0.2) is 58.4 Å². The summed E-state index contributed by atoms with van der Waals surface area (Å²) in [6, 6.07) is 13.5. The molecule has 5 rings (SSSR count). The van der Waals surface area contributed by atoms with Crippen LogP contribution < -0.4 is 10.5 Å². The van der Waals surface area contributed by atoms with E-state index in [2.05, 4.69) is 9.80 Å². The zero-order valence-electron chi connectivity index (χ0n) is 20.0. The topological polar surface area (TPSA) is 81.4 Å². The van der Waals surface area contributed by atoms with Crippen molar-refractivity contribution in [2.75, 3.05) is 44.2 Å². The number of hydrogen-bond acceptors (Lipinski definition) is 8. The lowest BCUT2D eigenvalue weighted by Gasteiger charge is -2.35. The van der Waals surface area contributed by atoms with Gasteiger partial charge in [0.25, 0.3) is 11.5 Å². The lowest BCUT2D eigenvalue weighted by molar-refractivity contribution is -0.122. The molecule has 4 heterocycles. The number of carbonyl (C=O) groups excluding carboxylic acids is 1. The third-order valence-electron chi connectivity index (χ3n) is 6.41. The van der Waals surface area contributed by atoms with Crippen molar-refractivity contribution >= 4 is 51.7 Å². The number of pyridine rings is 1. The summed E-state index contributed by atoms with van der Waals surface area (Å²) in [6.45, 7) is 5.91. The standard InChI is InChI=1S/C26H27N5O3S2/c1-18-7-8-22-27-23(29-11-9-28(10-12-29)13-14-32)20(24(33)30(22)16-18)15-21-25(34)31(26(35)36-21)17-19-5-3-2-4-6-19/h2-8,15-16,32H,9-14,17H2,1H3/b21-15-. The van der Waals surface area contributed by atoms with E-state index in [0.29, 0.717) is 52.4 Å². The van der Waals surface area contributed by atoms with Crippen LogP contribution in [-0.2, 0) is 11.3 Å². The van der Waals surface area contributed by atoms with E-state index in [4.69, 9.17) is 17.2 Å². The second kappa shape index (κ2) is 10.5. The molecule has 0 radical (unpaired) electrons. The summed E-state index contributed by atoms with van der Waals surface area (Å²) in [4.78, 5) is 38.2. The molecule has 36 heavy (non-hydrogen) atoms. The molecular formula is C26H27N5O3S2. The summed E-state index contributed by atoms with van der Waals surface area (Å²) in [5.74, 6) is 0.363. The van der Waals surface area contributed by atoms with Crippen molar-refractivity contribution in [2.45, 2.75) is 13.5 Å². The number of thioether (sulfide) groups is 1. The van der Waals surface area contributed by atoms with Crippen molar-refractivity contribution in [1.29, 1.82) is 0 Å². The summed E-state index contributed by atoms with van der Waals surface area (Å²) >= 11 is 6.74. The predicted molar refractivity (Wildman–Crippen MR) is 147 cm³/mol. The van der Waals surface area contributed by atoms with Gasteiger partial charge in [-0.2, -0.15) is 0 Å². The zero-order valence-corrected chi connectivity index (χ0v) is 21.6. The number of hydrogen-bond donors (Lipinski definition) is 1. The molecule has 2 fully saturated rings. The van der Waals surface area contributed by atoms with E-state index in [1.54, 1.807) is 17.2 Å². The van der Waals surface area contributed by atoms with Crippen molar-refractivity contribution in [3.63, 3.8) is 0 Å². The second-order valence-electron chi connectivity index (χ2n) is 8.89. The summed E-state index contributed by atoms with van der Waals surface area (Å²) in [6.07, 6.45) is 3.43. The fraction of sp³-hybridized carbons (Fsp3) is 0.308. The summed E-state index contributed by atoms with van der Waals surface area (Å²) < 4.78 is 2.01. The summed E-state index contributed by atoms with van der Waals surface area (Å²) in [5.41, 5.74) is 2.65. The molecule has 1 N–H and O–H groups in total. The number of carbonyl (C=O) groups is 1. The van der Waals surface area contributed by atoms with Gasteiger partial charge in [0, 0.05) is 38.9 Å². The van der Waals surface area contributed by atoms with Crippen molar-refractivity contribution in [1.82, 2.24) is 19.2 Å². The largest absolute Gasteiger partial charge is 0.395 e. The van der Waals surface area contributed by atoms with Gasteiger partial charge in [0.1, 0.15) is 15.8 Å². The highest BCUT2D eigenvalue weighted by Crippen LogP contribution is 2.34. The van der Waals surface area contributed by atoms with Gasteiger partial charge in [-0.3, -0.25) is 23.8 Å². The van der Waals surface area contributed by atoms with Crippen LogP contribution in [0.5, 0.6) is 0 Å². The molecule has 10 heteroatoms. The number of aliphatic hydroxyl groups is 1. The molecule has 2 aliphatic rings. The minimum absolute atomic E-state index is 0.116. The van der Waals surface area contributed by atoms with Gasteiger partial charge in [-0.05, 0) is 30.2 Å². The SMILES string of the molecule is Cc1ccc2nc(N3CCN(CCO)CC3)c(/C=C3\SC(=S)N(Cc4ccccc4)C3=O)c(=O)n2c1. The first-order valence-corrected chi connectivity index (χ1v) is 13.1. The normalized spacial score (nSPS) is 18.1. The maximum Gasteiger partial charge on any atom is 0.267 e. The first-order valence-electron chi connectivity index (χ1n) is 11.8. The zero-order chi connectivity index (χ0) is 25.2. The van der Waals surface area contributed by atoms with Crippen molar-refractivity contribution in [3.8, 4) is 0 Å². The molecular weight excluding hydrogens is 494 g/mol. The highest BCUT2D eigenvalue weighted by molar-refractivity contribution is 8.26. The van der Waals surface area contributed by atoms with Crippen molar-refractivity contribution in [2.24, 2.45) is 0 Å². The molecule has 2 aliphatic heterocycles. The van der Waals surface area contributed by atoms with Crippen LogP contribution in [0.1, 0.15) is 16.7 Å². The number of aryl methyl sites for hydroxylation is 1. The van der Waals surface area contributed by atoms with Gasteiger partial charge in [-0.25, -0.2) is 4.98 Å². The maximum atomic E-state index is 13.7. The molecule has 0 atom stereocenters. The van der Waals surface area contributed by atoms with E-state index in [-0.39, 0.29) is 18.1 Å². The average Bonchev–Trinajstić information content (AvgIpc) is 3.14. The Bertz CT molecular complexity index is 1400. The fourth-order valence-electron chi connectivity index (χ4n) is 4.47. The number of piperazine rings is 1. The van der Waals surface area contributed by atoms with Crippen LogP contribution in [0.2, 0.25) is 0 Å². The highest BCUT2D eigenvalue weighted by Gasteiger charge is 2.33. The first kappa shape index (κ1) is 24.6. The molecule has 2 aromatic heterocycles. The third-order valence-corrected chi connectivity index (χ3v) is 7.78. The quantitative estimate of drug-likeness (QED) is 0.392. The Hall–Kier alpha value is -3.05. The minimum Gasteiger partial charge on any atom is -0.395 e. The number of rotatable bonds is 6. The van der Waals surface area contributed by atoms with Crippen LogP contribution in [0.25, 0.3) is 11.7 Å². The van der Waals surface area contributed by atoms with Gasteiger partial charge < -0.3 is 10.0 Å². The molecule has 0 bridgehead atoms. The van der Waals surface area contributed by atoms with Gasteiger partial charge in [-0.15, -0.1) is 0 Å². The number of benzene rings is 1. The maximum absolute atomic E-state index is 13.7. The average molecular weight is 522 g/mol. The van der Waals surface area contributed by atoms with E-state index in [1.807, 2.05) is 49.4 Å². The number of aliphatic hydroxyl groups excluding tert-OH is 1. The lowest BCUT2D eigenvalue weighted by Crippen LogP contribution is -2.48. The molecule has 0 saturated carbocycles. The van der Waals surface area contributed by atoms with Gasteiger partial charge in [0.15, 0.2) is 0 Å². The third kappa shape index (κ3) is 4.94. The van der Waals surface area contributed by atoms with Crippen molar-refractivity contribution in [3.05, 3.63) is 80.6 Å². The monoisotopic (exact) mass is 521 g/mol. The predicted octanol–water partition coefficient (Wildman–Crippen LogP) is 2.52. The summed E-state index contributed by atoms with van der Waals surface area (Å²) in [7, 11) is 0. The fourth-order valence-corrected chi connectivity index (χ4v) is 5.71. The highest BCUT2D eigenvalue weighted by atomic mass is 32.2. The Kier molecular flexibility index (Phi) is 7.20. The number of amides is 1. The number of thiocarbonyl (C=S) groups is 1. The number of aromatic nitrogens is 2. The van der Waals surface area contributed by atoms with Gasteiger partial charge >= 0.3 is 0 Å². The van der Waals surface area contributed by atoms with Crippen LogP contribution in [-0.4, -0.2) is 73.8 Å². The molecule has 0 unspecified atom stereocenters. The van der Waals surface area contributed by atoms with Crippen molar-refractivity contribution < 1.29 is 9.90 Å². The van der Waals surface area contributed by atoms with E-state index >= 15 is 0 Å². The van der Waals surface area contributed by atoms with Gasteiger partial charge in [0.2, 0.25) is 0 Å². The smallest absolute Gasteiger partial charge is 0.267 e. The Morgan fingerprint density at radius 1 is 1.08 bits per heavy atom. The van der Waals surface area contributed by atoms with Crippen LogP contribution in [0, 0.1) is 6.92 Å². The second-order valence-corrected chi connectivity index (χ2v) is 10.6. The molecule has 1 amide bonds. The first-order chi connectivity index (χ1) is 17.4. The van der Waals surface area contributed by atoms with Crippen LogP contribution in [0.3, 0.4) is 0 Å². The molecule has 1 aromatic carbocycles. The van der Waals surface area contributed by atoms with E-state index in [9.17, 15) is 14.7 Å². The molecule has 0 spiro atoms. The Balaban J connectivity index is 1.53. The van der Waals surface area contributed by atoms with Gasteiger partial charge in [-0.1, -0.05) is 60.4 Å². The number of fused-ring (bicyclic) bond motifs is 1. The molecule has 186 valence electrons. The Labute approximate surface area is 218 Å². The molecule has 0 aliphatic carbocycles. The van der Waals surface area contributed by atoms with Gasteiger partial charge in [0.05, 0.1) is 23.6 Å².